The minimum Gasteiger partial charge on any atom is -0.351 e. The summed E-state index contributed by atoms with van der Waals surface area (Å²) in [6.07, 6.45) is 0.346. The van der Waals surface area contributed by atoms with Crippen LogP contribution in [0.2, 0.25) is 10.0 Å². The van der Waals surface area contributed by atoms with E-state index in [-0.39, 0.29) is 11.8 Å². The number of carbonyl (C=O) groups is 2. The number of H-pyrrole nitrogens is 1. The van der Waals surface area contributed by atoms with Gasteiger partial charge in [0.05, 0.1) is 10.7 Å². The monoisotopic (exact) mass is 444 g/mol. The molecule has 0 aliphatic carbocycles. The van der Waals surface area contributed by atoms with Crippen LogP contribution in [0.3, 0.4) is 0 Å². The summed E-state index contributed by atoms with van der Waals surface area (Å²) >= 11 is 12.0. The Bertz CT molecular complexity index is 1040. The quantitative estimate of drug-likeness (QED) is 0.617. The number of anilines is 1. The molecule has 2 heterocycles. The van der Waals surface area contributed by atoms with Gasteiger partial charge in [-0.1, -0.05) is 41.4 Å². The maximum absolute atomic E-state index is 12.8. The van der Waals surface area contributed by atoms with Crippen LogP contribution in [0.25, 0.3) is 10.9 Å². The number of hydrogen-bond donors (Lipinski definition) is 2. The molecule has 1 aliphatic rings. The van der Waals surface area contributed by atoms with Crippen molar-refractivity contribution in [1.29, 1.82) is 0 Å². The molecule has 1 saturated heterocycles. The number of fused-ring (bicyclic) bond motifs is 1. The van der Waals surface area contributed by atoms with Crippen molar-refractivity contribution in [3.8, 4) is 0 Å². The highest BCUT2D eigenvalue weighted by molar-refractivity contribution is 6.35. The van der Waals surface area contributed by atoms with E-state index in [1.54, 1.807) is 18.2 Å². The molecule has 0 radical (unpaired) electrons. The molecule has 0 unspecified atom stereocenters. The number of piperazine rings is 1. The summed E-state index contributed by atoms with van der Waals surface area (Å²) in [7, 11) is 0. The molecule has 4 rings (SSSR count). The van der Waals surface area contributed by atoms with E-state index in [1.165, 1.54) is 0 Å². The zero-order chi connectivity index (χ0) is 21.1. The molecule has 2 N–H and O–H groups in total. The number of halogens is 2. The average Bonchev–Trinajstić information content (AvgIpc) is 3.19. The second kappa shape index (κ2) is 9.08. The minimum atomic E-state index is -0.115. The van der Waals surface area contributed by atoms with Crippen LogP contribution in [0.5, 0.6) is 0 Å². The van der Waals surface area contributed by atoms with Crippen LogP contribution in [0.15, 0.2) is 48.5 Å². The number of amides is 2. The van der Waals surface area contributed by atoms with Crippen LogP contribution in [0.1, 0.15) is 16.9 Å². The summed E-state index contributed by atoms with van der Waals surface area (Å²) in [5, 5.41) is 4.81. The maximum atomic E-state index is 12.8. The maximum Gasteiger partial charge on any atom is 0.270 e. The van der Waals surface area contributed by atoms with Gasteiger partial charge in [0, 0.05) is 55.1 Å². The first kappa shape index (κ1) is 20.7. The number of nitrogens with zero attached hydrogens (tertiary/aromatic N) is 2. The minimum absolute atomic E-state index is 0.0131. The molecular formula is C22H22Cl2N4O2. The summed E-state index contributed by atoms with van der Waals surface area (Å²) in [5.41, 5.74) is 2.09. The van der Waals surface area contributed by atoms with Gasteiger partial charge in [-0.3, -0.25) is 14.5 Å². The number of hydrogen-bond acceptors (Lipinski definition) is 3. The molecule has 8 heteroatoms. The second-order valence-electron chi connectivity index (χ2n) is 7.33. The standard InChI is InChI=1S/C22H22Cl2N4O2/c23-16-5-6-17(24)19(14-16)26-21(29)7-8-27-9-11-28(12-10-27)22(30)20-13-15-3-1-2-4-18(15)25-20/h1-6,13-14,25H,7-12H2,(H,26,29). The van der Waals surface area contributed by atoms with Gasteiger partial charge in [0.1, 0.15) is 5.69 Å². The third kappa shape index (κ3) is 4.78. The average molecular weight is 445 g/mol. The molecular weight excluding hydrogens is 423 g/mol. The number of aromatic amines is 1. The first-order chi connectivity index (χ1) is 14.5. The Labute approximate surface area is 184 Å². The molecule has 30 heavy (non-hydrogen) atoms. The Morgan fingerprint density at radius 1 is 1.00 bits per heavy atom. The summed E-state index contributed by atoms with van der Waals surface area (Å²) in [4.78, 5) is 32.3. The number of carbonyl (C=O) groups excluding carboxylic acids is 2. The number of para-hydroxylation sites is 1. The Kier molecular flexibility index (Phi) is 6.27. The summed E-state index contributed by atoms with van der Waals surface area (Å²) in [6, 6.07) is 14.7. The van der Waals surface area contributed by atoms with Crippen LogP contribution in [0.4, 0.5) is 5.69 Å². The molecule has 156 valence electrons. The normalized spacial score (nSPS) is 14.8. The van der Waals surface area contributed by atoms with Crippen molar-refractivity contribution in [2.24, 2.45) is 0 Å². The molecule has 3 aromatic rings. The van der Waals surface area contributed by atoms with Gasteiger partial charge in [0.2, 0.25) is 5.91 Å². The Balaban J connectivity index is 1.25. The summed E-state index contributed by atoms with van der Waals surface area (Å²) in [5.74, 6) is -0.102. The Morgan fingerprint density at radius 3 is 2.53 bits per heavy atom. The van der Waals surface area contributed by atoms with Gasteiger partial charge in [0.25, 0.3) is 5.91 Å². The van der Waals surface area contributed by atoms with Crippen molar-refractivity contribution in [1.82, 2.24) is 14.8 Å². The fourth-order valence-corrected chi connectivity index (χ4v) is 3.94. The zero-order valence-corrected chi connectivity index (χ0v) is 17.8. The molecule has 1 aliphatic heterocycles. The lowest BCUT2D eigenvalue weighted by Gasteiger charge is -2.34. The van der Waals surface area contributed by atoms with Crippen molar-refractivity contribution in [2.75, 3.05) is 38.0 Å². The van der Waals surface area contributed by atoms with E-state index >= 15 is 0 Å². The van der Waals surface area contributed by atoms with Gasteiger partial charge >= 0.3 is 0 Å². The van der Waals surface area contributed by atoms with Gasteiger partial charge in [0.15, 0.2) is 0 Å². The molecule has 2 aromatic carbocycles. The van der Waals surface area contributed by atoms with Gasteiger partial charge in [-0.15, -0.1) is 0 Å². The molecule has 2 amide bonds. The third-order valence-electron chi connectivity index (χ3n) is 5.28. The fraction of sp³-hybridized carbons (Fsp3) is 0.273. The largest absolute Gasteiger partial charge is 0.351 e. The van der Waals surface area contributed by atoms with E-state index in [4.69, 9.17) is 23.2 Å². The SMILES string of the molecule is O=C(CCN1CCN(C(=O)c2cc3ccccc3[nH]2)CC1)Nc1cc(Cl)ccc1Cl. The van der Waals surface area contributed by atoms with Crippen LogP contribution in [-0.2, 0) is 4.79 Å². The molecule has 0 saturated carbocycles. The smallest absolute Gasteiger partial charge is 0.270 e. The fourth-order valence-electron chi connectivity index (χ4n) is 3.60. The van der Waals surface area contributed by atoms with Crippen LogP contribution < -0.4 is 5.32 Å². The molecule has 6 nitrogen and oxygen atoms in total. The summed E-state index contributed by atoms with van der Waals surface area (Å²) in [6.45, 7) is 3.36. The van der Waals surface area contributed by atoms with Crippen molar-refractivity contribution >= 4 is 51.6 Å². The van der Waals surface area contributed by atoms with Gasteiger partial charge in [-0.2, -0.15) is 0 Å². The molecule has 0 bridgehead atoms. The first-order valence-corrected chi connectivity index (χ1v) is 10.6. The van der Waals surface area contributed by atoms with Crippen molar-refractivity contribution in [2.45, 2.75) is 6.42 Å². The highest BCUT2D eigenvalue weighted by Crippen LogP contribution is 2.25. The summed E-state index contributed by atoms with van der Waals surface area (Å²) < 4.78 is 0. The van der Waals surface area contributed by atoms with Gasteiger partial charge in [-0.25, -0.2) is 0 Å². The highest BCUT2D eigenvalue weighted by atomic mass is 35.5. The first-order valence-electron chi connectivity index (χ1n) is 9.84. The van der Waals surface area contributed by atoms with Crippen LogP contribution >= 0.6 is 23.2 Å². The van der Waals surface area contributed by atoms with Crippen LogP contribution in [-0.4, -0.2) is 59.3 Å². The number of aromatic nitrogens is 1. The number of rotatable bonds is 5. The van der Waals surface area contributed by atoms with E-state index in [9.17, 15) is 9.59 Å². The Morgan fingerprint density at radius 2 is 1.77 bits per heavy atom. The van der Waals surface area contributed by atoms with Gasteiger partial charge in [-0.05, 0) is 30.3 Å². The topological polar surface area (TPSA) is 68.4 Å². The lowest BCUT2D eigenvalue weighted by atomic mass is 10.2. The molecule has 1 aromatic heterocycles. The molecule has 0 atom stereocenters. The third-order valence-corrected chi connectivity index (χ3v) is 5.84. The zero-order valence-electron chi connectivity index (χ0n) is 16.3. The number of nitrogens with one attached hydrogen (secondary N) is 2. The van der Waals surface area contributed by atoms with E-state index in [0.717, 1.165) is 24.0 Å². The van der Waals surface area contributed by atoms with E-state index in [0.29, 0.717) is 47.5 Å². The van der Waals surface area contributed by atoms with Gasteiger partial charge < -0.3 is 15.2 Å². The second-order valence-corrected chi connectivity index (χ2v) is 8.17. The lowest BCUT2D eigenvalue weighted by molar-refractivity contribution is -0.116. The Hall–Kier alpha value is -2.54. The highest BCUT2D eigenvalue weighted by Gasteiger charge is 2.23. The lowest BCUT2D eigenvalue weighted by Crippen LogP contribution is -2.49. The van der Waals surface area contributed by atoms with E-state index in [2.05, 4.69) is 15.2 Å². The van der Waals surface area contributed by atoms with E-state index < -0.39 is 0 Å². The predicted octanol–water partition coefficient (Wildman–Crippen LogP) is 4.26. The van der Waals surface area contributed by atoms with E-state index in [1.807, 2.05) is 35.2 Å². The molecule has 0 spiro atoms. The van der Waals surface area contributed by atoms with Crippen molar-refractivity contribution in [3.63, 3.8) is 0 Å². The van der Waals surface area contributed by atoms with Crippen molar-refractivity contribution in [3.05, 3.63) is 64.3 Å². The molecule has 1 fully saturated rings. The predicted molar refractivity (Wildman–Crippen MR) is 120 cm³/mol. The van der Waals surface area contributed by atoms with Crippen molar-refractivity contribution < 1.29 is 9.59 Å². The number of benzene rings is 2. The van der Waals surface area contributed by atoms with Crippen LogP contribution in [0, 0.1) is 0 Å².